The number of hydrogen-bond donors (Lipinski definition) is 0. The first-order chi connectivity index (χ1) is 9.45. The molecule has 2 heterocycles. The lowest BCUT2D eigenvalue weighted by Gasteiger charge is -2.05. The fourth-order valence-electron chi connectivity index (χ4n) is 1.99. The molecule has 0 saturated carbocycles. The van der Waals surface area contributed by atoms with Gasteiger partial charge in [0.25, 0.3) is 5.56 Å². The average molecular weight is 298 g/mol. The third-order valence-corrected chi connectivity index (χ3v) is 4.04. The summed E-state index contributed by atoms with van der Waals surface area (Å²) in [6, 6.07) is 4.73. The molecule has 1 aliphatic rings. The van der Waals surface area contributed by atoms with E-state index in [1.165, 1.54) is 23.5 Å². The zero-order valence-electron chi connectivity index (χ0n) is 10.1. The van der Waals surface area contributed by atoms with Gasteiger partial charge in [0.1, 0.15) is 0 Å². The molecule has 0 unspecified atom stereocenters. The van der Waals surface area contributed by atoms with Crippen LogP contribution in [0.15, 0.2) is 34.1 Å². The molecule has 0 bridgehead atoms. The maximum atomic E-state index is 12.4. The quantitative estimate of drug-likeness (QED) is 0.783. The molecule has 0 N–H and O–H groups in total. The predicted octanol–water partition coefficient (Wildman–Crippen LogP) is 1.39. The molecule has 1 aliphatic heterocycles. The molecule has 0 aliphatic carbocycles. The number of hydrogen-bond acceptors (Lipinski definition) is 3. The first-order valence-electron chi connectivity index (χ1n) is 5.88. The molecule has 1 aromatic carbocycles. The first-order valence-corrected chi connectivity index (χ1v) is 6.70. The molecule has 0 atom stereocenters. The molecule has 0 radical (unpaired) electrons. The van der Waals surface area contributed by atoms with Crippen LogP contribution >= 0.6 is 11.3 Å². The van der Waals surface area contributed by atoms with Crippen molar-refractivity contribution in [2.24, 2.45) is 4.99 Å². The van der Waals surface area contributed by atoms with Crippen molar-refractivity contribution in [2.75, 3.05) is 6.54 Å². The fourth-order valence-corrected chi connectivity index (χ4v) is 3.02. The minimum atomic E-state index is -4.35. The monoisotopic (exact) mass is 298 g/mol. The van der Waals surface area contributed by atoms with Crippen molar-refractivity contribution in [3.05, 3.63) is 55.1 Å². The van der Waals surface area contributed by atoms with E-state index >= 15 is 0 Å². The summed E-state index contributed by atoms with van der Waals surface area (Å²) in [5, 5.41) is 0. The van der Waals surface area contributed by atoms with E-state index in [0.29, 0.717) is 28.0 Å². The van der Waals surface area contributed by atoms with Crippen LogP contribution in [0.1, 0.15) is 11.1 Å². The number of rotatable bonds is 1. The number of halogens is 3. The Bertz CT molecular complexity index is 815. The van der Waals surface area contributed by atoms with Gasteiger partial charge in [0.2, 0.25) is 0 Å². The Morgan fingerprint density at radius 2 is 1.95 bits per heavy atom. The average Bonchev–Trinajstić information content (AvgIpc) is 2.94. The molecule has 3 rings (SSSR count). The van der Waals surface area contributed by atoms with Crippen LogP contribution in [0.5, 0.6) is 0 Å². The standard InChI is InChI=1S/C13H9F3N2OS/c14-13(15,16)9-3-1-8(2-4-9)7-10-11(19)18-6-5-17-12(18)20-10/h1-4,7H,5-6H2/b10-7+. The zero-order chi connectivity index (χ0) is 14.3. The van der Waals surface area contributed by atoms with Crippen molar-refractivity contribution in [2.45, 2.75) is 12.7 Å². The summed E-state index contributed by atoms with van der Waals surface area (Å²) in [5.41, 5.74) is -0.267. The van der Waals surface area contributed by atoms with Gasteiger partial charge in [-0.15, -0.1) is 0 Å². The maximum absolute atomic E-state index is 12.4. The van der Waals surface area contributed by atoms with Gasteiger partial charge >= 0.3 is 6.18 Å². The SMILES string of the molecule is O=c1/c(=C\c2ccc(C(F)(F)F)cc2)sc2n1CCN=2. The van der Waals surface area contributed by atoms with E-state index in [1.54, 1.807) is 10.6 Å². The van der Waals surface area contributed by atoms with Crippen molar-refractivity contribution in [3.8, 4) is 0 Å². The summed E-state index contributed by atoms with van der Waals surface area (Å²) in [6.45, 7) is 1.19. The molecule has 104 valence electrons. The zero-order valence-corrected chi connectivity index (χ0v) is 11.0. The highest BCUT2D eigenvalue weighted by Gasteiger charge is 2.29. The Kier molecular flexibility index (Phi) is 3.01. The van der Waals surface area contributed by atoms with Gasteiger partial charge in [-0.2, -0.15) is 13.2 Å². The highest BCUT2D eigenvalue weighted by molar-refractivity contribution is 7.07. The van der Waals surface area contributed by atoms with Gasteiger partial charge in [-0.1, -0.05) is 23.5 Å². The smallest absolute Gasteiger partial charge is 0.282 e. The van der Waals surface area contributed by atoms with E-state index in [-0.39, 0.29) is 5.56 Å². The van der Waals surface area contributed by atoms with Crippen LogP contribution in [0.4, 0.5) is 13.2 Å². The second-order valence-corrected chi connectivity index (χ2v) is 5.36. The molecule has 1 aromatic heterocycles. The molecule has 7 heteroatoms. The Labute approximate surface area is 115 Å². The predicted molar refractivity (Wildman–Crippen MR) is 69.2 cm³/mol. The second kappa shape index (κ2) is 4.59. The van der Waals surface area contributed by atoms with Gasteiger partial charge in [0.05, 0.1) is 16.6 Å². The van der Waals surface area contributed by atoms with E-state index in [0.717, 1.165) is 12.1 Å². The van der Waals surface area contributed by atoms with Gasteiger partial charge in [0, 0.05) is 6.54 Å². The van der Waals surface area contributed by atoms with Crippen LogP contribution in [-0.4, -0.2) is 11.1 Å². The van der Waals surface area contributed by atoms with E-state index in [4.69, 9.17) is 0 Å². The summed E-state index contributed by atoms with van der Waals surface area (Å²) in [4.78, 5) is 16.8. The number of alkyl halides is 3. The van der Waals surface area contributed by atoms with Crippen LogP contribution in [0.2, 0.25) is 0 Å². The molecular weight excluding hydrogens is 289 g/mol. The Morgan fingerprint density at radius 3 is 2.55 bits per heavy atom. The van der Waals surface area contributed by atoms with Crippen molar-refractivity contribution >= 4 is 17.4 Å². The van der Waals surface area contributed by atoms with Gasteiger partial charge in [-0.05, 0) is 23.8 Å². The molecule has 0 fully saturated rings. The number of fused-ring (bicyclic) bond motifs is 1. The van der Waals surface area contributed by atoms with Crippen molar-refractivity contribution in [1.29, 1.82) is 0 Å². The maximum Gasteiger partial charge on any atom is 0.416 e. The van der Waals surface area contributed by atoms with Crippen LogP contribution in [0, 0.1) is 0 Å². The van der Waals surface area contributed by atoms with Gasteiger partial charge in [0.15, 0.2) is 4.80 Å². The Hall–Kier alpha value is -1.89. The minimum absolute atomic E-state index is 0.133. The number of benzene rings is 1. The lowest BCUT2D eigenvalue weighted by molar-refractivity contribution is -0.137. The van der Waals surface area contributed by atoms with Gasteiger partial charge in [-0.3, -0.25) is 14.4 Å². The van der Waals surface area contributed by atoms with E-state index in [1.807, 2.05) is 0 Å². The van der Waals surface area contributed by atoms with Crippen LogP contribution in [0.3, 0.4) is 0 Å². The molecule has 0 amide bonds. The van der Waals surface area contributed by atoms with E-state index in [9.17, 15) is 18.0 Å². The largest absolute Gasteiger partial charge is 0.416 e. The van der Waals surface area contributed by atoms with Crippen LogP contribution < -0.4 is 14.9 Å². The van der Waals surface area contributed by atoms with Crippen molar-refractivity contribution in [3.63, 3.8) is 0 Å². The van der Waals surface area contributed by atoms with E-state index < -0.39 is 11.7 Å². The van der Waals surface area contributed by atoms with Crippen molar-refractivity contribution < 1.29 is 13.2 Å². The molecule has 3 nitrogen and oxygen atoms in total. The Morgan fingerprint density at radius 1 is 1.25 bits per heavy atom. The highest BCUT2D eigenvalue weighted by Crippen LogP contribution is 2.29. The lowest BCUT2D eigenvalue weighted by atomic mass is 10.1. The summed E-state index contributed by atoms with van der Waals surface area (Å²) in [5.74, 6) is 0. The van der Waals surface area contributed by atoms with E-state index in [2.05, 4.69) is 4.99 Å². The Balaban J connectivity index is 2.03. The summed E-state index contributed by atoms with van der Waals surface area (Å²) < 4.78 is 39.4. The molecule has 0 spiro atoms. The van der Waals surface area contributed by atoms with Gasteiger partial charge in [-0.25, -0.2) is 0 Å². The van der Waals surface area contributed by atoms with Crippen LogP contribution in [0.25, 0.3) is 6.08 Å². The number of aromatic nitrogens is 1. The molecular formula is C13H9F3N2OS. The summed E-state index contributed by atoms with van der Waals surface area (Å²) in [6.07, 6.45) is -2.75. The summed E-state index contributed by atoms with van der Waals surface area (Å²) in [7, 11) is 0. The lowest BCUT2D eigenvalue weighted by Crippen LogP contribution is -2.29. The normalized spacial score (nSPS) is 15.2. The topological polar surface area (TPSA) is 34.4 Å². The number of thiazole rings is 1. The molecule has 2 aromatic rings. The second-order valence-electron chi connectivity index (χ2n) is 4.35. The molecule has 20 heavy (non-hydrogen) atoms. The fraction of sp³-hybridized carbons (Fsp3) is 0.231. The number of nitrogens with zero attached hydrogens (tertiary/aromatic N) is 2. The van der Waals surface area contributed by atoms with Gasteiger partial charge < -0.3 is 0 Å². The van der Waals surface area contributed by atoms with Crippen molar-refractivity contribution in [1.82, 2.24) is 4.57 Å². The third-order valence-electron chi connectivity index (χ3n) is 2.99. The summed E-state index contributed by atoms with van der Waals surface area (Å²) >= 11 is 1.26. The third kappa shape index (κ3) is 2.29. The minimum Gasteiger partial charge on any atom is -0.282 e. The van der Waals surface area contributed by atoms with Crippen LogP contribution in [-0.2, 0) is 12.7 Å². The highest BCUT2D eigenvalue weighted by atomic mass is 32.1. The first kappa shape index (κ1) is 13.1. The molecule has 0 saturated heterocycles.